The van der Waals surface area contributed by atoms with Gasteiger partial charge in [0.1, 0.15) is 5.75 Å². The van der Waals surface area contributed by atoms with Crippen molar-refractivity contribution in [2.24, 2.45) is 0 Å². The van der Waals surface area contributed by atoms with Crippen LogP contribution in [0.4, 0.5) is 0 Å². The van der Waals surface area contributed by atoms with E-state index in [2.05, 4.69) is 42.6 Å². The molecular formula is C18H23NO2. The molecule has 0 aliphatic heterocycles. The molecule has 0 saturated carbocycles. The van der Waals surface area contributed by atoms with Crippen LogP contribution in [0.25, 0.3) is 11.1 Å². The smallest absolute Gasteiger partial charge is 0.120 e. The van der Waals surface area contributed by atoms with E-state index in [0.29, 0.717) is 13.2 Å². The van der Waals surface area contributed by atoms with Gasteiger partial charge in [0.2, 0.25) is 0 Å². The van der Waals surface area contributed by atoms with Crippen LogP contribution in [0.2, 0.25) is 0 Å². The number of benzene rings is 2. The van der Waals surface area contributed by atoms with Gasteiger partial charge in [0.05, 0.1) is 13.2 Å². The minimum Gasteiger partial charge on any atom is -0.494 e. The summed E-state index contributed by atoms with van der Waals surface area (Å²) in [5.41, 5.74) is 3.59. The number of hydrogen-bond acceptors (Lipinski definition) is 3. The van der Waals surface area contributed by atoms with Gasteiger partial charge in [-0.3, -0.25) is 0 Å². The van der Waals surface area contributed by atoms with Crippen LogP contribution in [0.3, 0.4) is 0 Å². The Kier molecular flexibility index (Phi) is 6.25. The average molecular weight is 285 g/mol. The van der Waals surface area contributed by atoms with Crippen LogP contribution in [-0.4, -0.2) is 31.4 Å². The molecule has 2 aromatic carbocycles. The highest BCUT2D eigenvalue weighted by atomic mass is 16.5. The molecule has 0 fully saturated rings. The Morgan fingerprint density at radius 3 is 2.57 bits per heavy atom. The molecule has 0 heterocycles. The van der Waals surface area contributed by atoms with E-state index in [1.54, 1.807) is 0 Å². The summed E-state index contributed by atoms with van der Waals surface area (Å²) in [7, 11) is 0. The van der Waals surface area contributed by atoms with E-state index < -0.39 is 0 Å². The lowest BCUT2D eigenvalue weighted by molar-refractivity contribution is 0.282. The van der Waals surface area contributed by atoms with Gasteiger partial charge >= 0.3 is 0 Å². The van der Waals surface area contributed by atoms with Crippen molar-refractivity contribution in [2.75, 3.05) is 26.3 Å². The Morgan fingerprint density at radius 1 is 1.00 bits per heavy atom. The second-order valence-corrected chi connectivity index (χ2v) is 5.08. The van der Waals surface area contributed by atoms with Gasteiger partial charge in [0.25, 0.3) is 0 Å². The average Bonchev–Trinajstić information content (AvgIpc) is 2.51. The van der Waals surface area contributed by atoms with E-state index in [9.17, 15) is 0 Å². The molecule has 0 aliphatic rings. The summed E-state index contributed by atoms with van der Waals surface area (Å²) in [5.74, 6) is 0.913. The van der Waals surface area contributed by atoms with Crippen molar-refractivity contribution >= 4 is 0 Å². The number of aryl methyl sites for hydroxylation is 1. The van der Waals surface area contributed by atoms with Crippen LogP contribution in [0.15, 0.2) is 48.5 Å². The van der Waals surface area contributed by atoms with Crippen LogP contribution in [-0.2, 0) is 0 Å². The molecule has 0 bridgehead atoms. The molecule has 0 radical (unpaired) electrons. The number of ether oxygens (including phenoxy) is 1. The van der Waals surface area contributed by atoms with Crippen molar-refractivity contribution in [2.45, 2.75) is 13.3 Å². The topological polar surface area (TPSA) is 41.5 Å². The van der Waals surface area contributed by atoms with Gasteiger partial charge in [-0.05, 0) is 48.7 Å². The van der Waals surface area contributed by atoms with Crippen molar-refractivity contribution in [3.63, 3.8) is 0 Å². The molecular weight excluding hydrogens is 262 g/mol. The zero-order valence-corrected chi connectivity index (χ0v) is 12.5. The second-order valence-electron chi connectivity index (χ2n) is 5.08. The second kappa shape index (κ2) is 8.45. The number of hydrogen-bond donors (Lipinski definition) is 2. The highest BCUT2D eigenvalue weighted by Gasteiger charge is 2.02. The number of nitrogens with one attached hydrogen (secondary N) is 1. The van der Waals surface area contributed by atoms with Crippen molar-refractivity contribution < 1.29 is 9.84 Å². The third kappa shape index (κ3) is 5.21. The fourth-order valence-electron chi connectivity index (χ4n) is 2.22. The van der Waals surface area contributed by atoms with Crippen molar-refractivity contribution in [1.29, 1.82) is 0 Å². The molecule has 0 aliphatic carbocycles. The van der Waals surface area contributed by atoms with Crippen LogP contribution >= 0.6 is 0 Å². The molecule has 0 spiro atoms. The molecule has 0 atom stereocenters. The minimum absolute atomic E-state index is 0.180. The van der Waals surface area contributed by atoms with Gasteiger partial charge in [-0.15, -0.1) is 0 Å². The summed E-state index contributed by atoms with van der Waals surface area (Å²) in [5, 5.41) is 11.8. The van der Waals surface area contributed by atoms with Crippen LogP contribution in [0.1, 0.15) is 12.0 Å². The van der Waals surface area contributed by atoms with Gasteiger partial charge in [0.15, 0.2) is 0 Å². The molecule has 3 nitrogen and oxygen atoms in total. The highest BCUT2D eigenvalue weighted by molar-refractivity contribution is 5.66. The Labute approximate surface area is 126 Å². The Balaban J connectivity index is 1.93. The van der Waals surface area contributed by atoms with Crippen molar-refractivity contribution in [3.05, 3.63) is 54.1 Å². The van der Waals surface area contributed by atoms with Gasteiger partial charge in [-0.1, -0.05) is 36.4 Å². The summed E-state index contributed by atoms with van der Waals surface area (Å²) < 4.78 is 5.83. The summed E-state index contributed by atoms with van der Waals surface area (Å²) in [4.78, 5) is 0. The van der Waals surface area contributed by atoms with Crippen LogP contribution < -0.4 is 10.1 Å². The largest absolute Gasteiger partial charge is 0.494 e. The van der Waals surface area contributed by atoms with E-state index in [-0.39, 0.29) is 6.61 Å². The molecule has 2 N–H and O–H groups in total. The van der Waals surface area contributed by atoms with Gasteiger partial charge in [0, 0.05) is 6.54 Å². The Hall–Kier alpha value is -1.84. The van der Waals surface area contributed by atoms with Gasteiger partial charge in [-0.25, -0.2) is 0 Å². The summed E-state index contributed by atoms with van der Waals surface area (Å²) in [6.07, 6.45) is 0.925. The summed E-state index contributed by atoms with van der Waals surface area (Å²) in [6, 6.07) is 16.7. The lowest BCUT2D eigenvalue weighted by Crippen LogP contribution is -2.20. The lowest BCUT2D eigenvalue weighted by Gasteiger charge is -2.10. The minimum atomic E-state index is 0.180. The standard InChI is InChI=1S/C18H23NO2/c1-15-12-17(16-6-3-2-4-7-16)14-18(13-15)21-11-5-8-19-9-10-20/h2-4,6-7,12-14,19-20H,5,8-11H2,1H3. The zero-order valence-electron chi connectivity index (χ0n) is 12.5. The zero-order chi connectivity index (χ0) is 14.9. The SMILES string of the molecule is Cc1cc(OCCCNCCO)cc(-c2ccccc2)c1. The monoisotopic (exact) mass is 285 g/mol. The lowest BCUT2D eigenvalue weighted by atomic mass is 10.0. The first kappa shape index (κ1) is 15.5. The van der Waals surface area contributed by atoms with Gasteiger partial charge in [-0.2, -0.15) is 0 Å². The van der Waals surface area contributed by atoms with E-state index in [1.807, 2.05) is 18.2 Å². The number of rotatable bonds is 8. The maximum atomic E-state index is 8.68. The van der Waals surface area contributed by atoms with E-state index >= 15 is 0 Å². The Morgan fingerprint density at radius 2 is 1.81 bits per heavy atom. The highest BCUT2D eigenvalue weighted by Crippen LogP contribution is 2.25. The molecule has 0 saturated heterocycles. The molecule has 2 rings (SSSR count). The predicted octanol–water partition coefficient (Wildman–Crippen LogP) is 3.01. The third-order valence-electron chi connectivity index (χ3n) is 3.21. The van der Waals surface area contributed by atoms with Crippen molar-refractivity contribution in [3.8, 4) is 16.9 Å². The number of aliphatic hydroxyl groups is 1. The van der Waals surface area contributed by atoms with E-state index in [1.165, 1.54) is 16.7 Å². The summed E-state index contributed by atoms with van der Waals surface area (Å²) >= 11 is 0. The fourth-order valence-corrected chi connectivity index (χ4v) is 2.22. The van der Waals surface area contributed by atoms with Crippen molar-refractivity contribution in [1.82, 2.24) is 5.32 Å². The normalized spacial score (nSPS) is 10.6. The molecule has 2 aromatic rings. The van der Waals surface area contributed by atoms with Crippen LogP contribution in [0.5, 0.6) is 5.75 Å². The molecule has 0 unspecified atom stereocenters. The third-order valence-corrected chi connectivity index (χ3v) is 3.21. The molecule has 3 heteroatoms. The first-order chi connectivity index (χ1) is 10.3. The number of aliphatic hydroxyl groups excluding tert-OH is 1. The first-order valence-electron chi connectivity index (χ1n) is 7.41. The quantitative estimate of drug-likeness (QED) is 0.733. The van der Waals surface area contributed by atoms with E-state index in [0.717, 1.165) is 18.7 Å². The summed E-state index contributed by atoms with van der Waals surface area (Å²) in [6.45, 7) is 4.44. The first-order valence-corrected chi connectivity index (χ1v) is 7.41. The van der Waals surface area contributed by atoms with Crippen LogP contribution in [0, 0.1) is 6.92 Å². The maximum absolute atomic E-state index is 8.68. The predicted molar refractivity (Wildman–Crippen MR) is 86.7 cm³/mol. The fraction of sp³-hybridized carbons (Fsp3) is 0.333. The maximum Gasteiger partial charge on any atom is 0.120 e. The molecule has 0 amide bonds. The van der Waals surface area contributed by atoms with Gasteiger partial charge < -0.3 is 15.2 Å². The van der Waals surface area contributed by atoms with E-state index in [4.69, 9.17) is 9.84 Å². The molecule has 21 heavy (non-hydrogen) atoms. The molecule has 0 aromatic heterocycles. The molecule has 112 valence electrons. The Bertz CT molecular complexity index is 540.